The molecular weight excluding hydrogens is 470 g/mol. The summed E-state index contributed by atoms with van der Waals surface area (Å²) >= 11 is 0. The van der Waals surface area contributed by atoms with Gasteiger partial charge in [0.1, 0.15) is 23.6 Å². The summed E-state index contributed by atoms with van der Waals surface area (Å²) in [5.41, 5.74) is 5.02. The minimum absolute atomic E-state index is 0.0886. The summed E-state index contributed by atoms with van der Waals surface area (Å²) in [7, 11) is 1.63. The summed E-state index contributed by atoms with van der Waals surface area (Å²) in [6.07, 6.45) is 1.56. The summed E-state index contributed by atoms with van der Waals surface area (Å²) in [6.45, 7) is 1.96. The van der Waals surface area contributed by atoms with Crippen LogP contribution in [0.3, 0.4) is 0 Å². The Balaban J connectivity index is 1.33. The van der Waals surface area contributed by atoms with E-state index in [1.54, 1.807) is 30.1 Å². The summed E-state index contributed by atoms with van der Waals surface area (Å²) in [6, 6.07) is 22.8. The molecule has 1 aliphatic heterocycles. The quantitative estimate of drug-likeness (QED) is 0.255. The molecule has 0 aliphatic carbocycles. The van der Waals surface area contributed by atoms with E-state index in [2.05, 4.69) is 27.4 Å². The second-order valence-electron chi connectivity index (χ2n) is 8.61. The zero-order chi connectivity index (χ0) is 25.4. The van der Waals surface area contributed by atoms with Crippen molar-refractivity contribution < 1.29 is 19.4 Å². The van der Waals surface area contributed by atoms with Gasteiger partial charge in [0.25, 0.3) is 0 Å². The van der Waals surface area contributed by atoms with Crippen molar-refractivity contribution in [3.05, 3.63) is 107 Å². The molecule has 5 aromatic rings. The van der Waals surface area contributed by atoms with Gasteiger partial charge >= 0.3 is 0 Å². The third kappa shape index (κ3) is 4.20. The predicted octanol–water partition coefficient (Wildman–Crippen LogP) is 5.07. The maximum Gasteiger partial charge on any atom is 0.228 e. The van der Waals surface area contributed by atoms with E-state index in [1.165, 1.54) is 0 Å². The molecule has 9 heteroatoms. The first-order valence-corrected chi connectivity index (χ1v) is 11.7. The molecule has 3 aromatic carbocycles. The molecule has 6 rings (SSSR count). The number of ether oxygens (including phenoxy) is 2. The number of phenolic OH excluding ortho intramolecular Hbond substituents is 1. The van der Waals surface area contributed by atoms with Crippen molar-refractivity contribution in [1.29, 1.82) is 0 Å². The van der Waals surface area contributed by atoms with E-state index in [1.807, 2.05) is 55.5 Å². The molecule has 0 bridgehead atoms. The maximum absolute atomic E-state index is 10.0. The molecule has 1 unspecified atom stereocenters. The SMILES string of the molecule is COc1ccc(/C(C)=N\OCc2nc3c4c(ncn3n2)Oc2cc(O)ccc2C4c2ccccc2)cc1. The average Bonchev–Trinajstić information content (AvgIpc) is 3.35. The first-order valence-electron chi connectivity index (χ1n) is 11.7. The van der Waals surface area contributed by atoms with Crippen molar-refractivity contribution in [2.24, 2.45) is 5.16 Å². The fourth-order valence-electron chi connectivity index (χ4n) is 4.47. The number of rotatable bonds is 6. The number of hydrogen-bond acceptors (Lipinski definition) is 8. The van der Waals surface area contributed by atoms with E-state index in [9.17, 15) is 5.11 Å². The number of oxime groups is 1. The standard InChI is InChI=1S/C28H23N5O4/c1-17(18-8-11-21(35-2)12-9-18)32-36-15-24-30-27-26-25(19-6-4-3-5-7-19)22-13-10-20(34)14-23(22)37-28(26)29-16-33(27)31-24/h3-14,16,25,34H,15H2,1-2H3/b32-17-. The minimum atomic E-state index is -0.204. The third-order valence-corrected chi connectivity index (χ3v) is 6.27. The molecule has 0 saturated carbocycles. The van der Waals surface area contributed by atoms with Gasteiger partial charge in [0.05, 0.1) is 18.4 Å². The third-order valence-electron chi connectivity index (χ3n) is 6.27. The van der Waals surface area contributed by atoms with Crippen LogP contribution in [0.2, 0.25) is 0 Å². The molecule has 184 valence electrons. The molecule has 9 nitrogen and oxygen atoms in total. The van der Waals surface area contributed by atoms with E-state index in [-0.39, 0.29) is 18.3 Å². The lowest BCUT2D eigenvalue weighted by Crippen LogP contribution is -2.14. The number of hydrogen-bond donors (Lipinski definition) is 1. The molecule has 3 heterocycles. The van der Waals surface area contributed by atoms with Crippen molar-refractivity contribution in [1.82, 2.24) is 19.6 Å². The highest BCUT2D eigenvalue weighted by molar-refractivity contribution is 5.98. The molecular formula is C28H23N5O4. The first kappa shape index (κ1) is 22.5. The predicted molar refractivity (Wildman–Crippen MR) is 136 cm³/mol. The Labute approximate surface area is 212 Å². The Kier molecular flexibility index (Phi) is 5.65. The zero-order valence-electron chi connectivity index (χ0n) is 20.2. The minimum Gasteiger partial charge on any atom is -0.508 e. The smallest absolute Gasteiger partial charge is 0.228 e. The number of nitrogens with zero attached hydrogens (tertiary/aromatic N) is 5. The van der Waals surface area contributed by atoms with Gasteiger partial charge in [-0.25, -0.2) is 14.5 Å². The number of aromatic nitrogens is 4. The van der Waals surface area contributed by atoms with Crippen LogP contribution >= 0.6 is 0 Å². The topological polar surface area (TPSA) is 103 Å². The zero-order valence-corrected chi connectivity index (χ0v) is 20.2. The van der Waals surface area contributed by atoms with Gasteiger partial charge in [-0.2, -0.15) is 0 Å². The molecule has 0 saturated heterocycles. The van der Waals surface area contributed by atoms with Crippen molar-refractivity contribution in [2.45, 2.75) is 19.4 Å². The Bertz CT molecular complexity index is 1610. The highest BCUT2D eigenvalue weighted by Gasteiger charge is 2.33. The monoisotopic (exact) mass is 493 g/mol. The second kappa shape index (κ2) is 9.27. The van der Waals surface area contributed by atoms with Crippen molar-refractivity contribution in [3.8, 4) is 23.1 Å². The van der Waals surface area contributed by atoms with E-state index in [0.29, 0.717) is 23.1 Å². The first-order chi connectivity index (χ1) is 18.1. The normalized spacial score (nSPS) is 14.5. The lowest BCUT2D eigenvalue weighted by molar-refractivity contribution is 0.125. The molecule has 2 aromatic heterocycles. The highest BCUT2D eigenvalue weighted by atomic mass is 16.6. The maximum atomic E-state index is 10.0. The van der Waals surface area contributed by atoms with Gasteiger partial charge in [0, 0.05) is 17.5 Å². The molecule has 37 heavy (non-hydrogen) atoms. The van der Waals surface area contributed by atoms with Crippen LogP contribution < -0.4 is 9.47 Å². The van der Waals surface area contributed by atoms with Gasteiger partial charge in [-0.3, -0.25) is 0 Å². The Morgan fingerprint density at radius 1 is 1.08 bits per heavy atom. The van der Waals surface area contributed by atoms with Gasteiger partial charge in [-0.05, 0) is 48.4 Å². The molecule has 0 radical (unpaired) electrons. The largest absolute Gasteiger partial charge is 0.508 e. The van der Waals surface area contributed by atoms with Crippen LogP contribution in [0.5, 0.6) is 23.1 Å². The van der Waals surface area contributed by atoms with Crippen molar-refractivity contribution in [3.63, 3.8) is 0 Å². The summed E-state index contributed by atoms with van der Waals surface area (Å²) < 4.78 is 12.9. The average molecular weight is 494 g/mol. The lowest BCUT2D eigenvalue weighted by Gasteiger charge is -2.27. The Morgan fingerprint density at radius 3 is 2.68 bits per heavy atom. The van der Waals surface area contributed by atoms with Gasteiger partial charge in [0.2, 0.25) is 5.88 Å². The fourth-order valence-corrected chi connectivity index (χ4v) is 4.47. The van der Waals surface area contributed by atoms with Gasteiger partial charge in [0.15, 0.2) is 18.1 Å². The molecule has 1 N–H and O–H groups in total. The van der Waals surface area contributed by atoms with Gasteiger partial charge in [-0.15, -0.1) is 5.10 Å². The highest BCUT2D eigenvalue weighted by Crippen LogP contribution is 2.48. The number of fused-ring (bicyclic) bond motifs is 4. The van der Waals surface area contributed by atoms with Crippen molar-refractivity contribution >= 4 is 11.4 Å². The van der Waals surface area contributed by atoms with Crippen LogP contribution in [0.4, 0.5) is 0 Å². The Morgan fingerprint density at radius 2 is 1.89 bits per heavy atom. The molecule has 1 atom stereocenters. The van der Waals surface area contributed by atoms with Crippen LogP contribution in [-0.2, 0) is 11.4 Å². The van der Waals surface area contributed by atoms with Gasteiger partial charge in [-0.1, -0.05) is 41.6 Å². The summed E-state index contributed by atoms with van der Waals surface area (Å²) in [4.78, 5) is 14.8. The van der Waals surface area contributed by atoms with E-state index >= 15 is 0 Å². The van der Waals surface area contributed by atoms with Crippen LogP contribution in [0.15, 0.2) is 84.3 Å². The van der Waals surface area contributed by atoms with Crippen LogP contribution in [0.25, 0.3) is 5.65 Å². The van der Waals surface area contributed by atoms with Crippen LogP contribution in [0, 0.1) is 0 Å². The number of phenols is 1. The summed E-state index contributed by atoms with van der Waals surface area (Å²) in [5, 5.41) is 18.8. The van der Waals surface area contributed by atoms with E-state index in [4.69, 9.17) is 19.3 Å². The van der Waals surface area contributed by atoms with E-state index in [0.717, 1.165) is 33.7 Å². The molecule has 0 amide bonds. The lowest BCUT2D eigenvalue weighted by atomic mass is 9.84. The van der Waals surface area contributed by atoms with Crippen molar-refractivity contribution in [2.75, 3.05) is 7.11 Å². The van der Waals surface area contributed by atoms with Crippen LogP contribution in [-0.4, -0.2) is 37.5 Å². The molecule has 0 fully saturated rings. The summed E-state index contributed by atoms with van der Waals surface area (Å²) in [5.74, 6) is 2.15. The Hall–Kier alpha value is -4.92. The van der Waals surface area contributed by atoms with Crippen LogP contribution in [0.1, 0.15) is 40.9 Å². The number of aromatic hydroxyl groups is 1. The number of benzene rings is 3. The van der Waals surface area contributed by atoms with Gasteiger partial charge < -0.3 is 19.4 Å². The number of methoxy groups -OCH3 is 1. The fraction of sp³-hybridized carbons (Fsp3) is 0.143. The van der Waals surface area contributed by atoms with E-state index < -0.39 is 0 Å². The second-order valence-corrected chi connectivity index (χ2v) is 8.61. The molecule has 0 spiro atoms. The molecule has 1 aliphatic rings.